The van der Waals surface area contributed by atoms with Gasteiger partial charge in [-0.1, -0.05) is 73.0 Å². The third-order valence-electron chi connectivity index (χ3n) is 21.3. The molecule has 525 valence electrons. The summed E-state index contributed by atoms with van der Waals surface area (Å²) in [7, 11) is 0. The SMILES string of the molecule is C=C1C[C@@H]2CC[C@@]34CC5O[C@H]6[C@@H](O3)[C@H]3O[C@H](CC[C@@H]3O[C@@]6(C)[C@H]5O4)CC(=O)C[C@@H]3[C@@H](CC)[C@@H](C[C@H](O)CNC(=O)CNC(=O)[C@H](CCCCN(CCC)CCC)NC(=O)[C@@H](NC(=O)CCCC#Cc4cnc([S-])nc4)C(C)C)O[C@H]3C[C@H]3O[C@@H](CCC1O2)C[C@@H](C)C3=C.[Tb]. The summed E-state index contributed by atoms with van der Waals surface area (Å²) < 4.78 is 55.6. The van der Waals surface area contributed by atoms with Gasteiger partial charge in [-0.15, -0.1) is 0 Å². The van der Waals surface area contributed by atoms with Crippen molar-refractivity contribution >= 4 is 42.0 Å². The average molecular weight is 1470 g/mol. The van der Waals surface area contributed by atoms with Gasteiger partial charge in [-0.05, 0) is 145 Å². The van der Waals surface area contributed by atoms with Crippen LogP contribution in [0.5, 0.6) is 0 Å². The first-order chi connectivity index (χ1) is 44.6. The number of ketones is 1. The van der Waals surface area contributed by atoms with E-state index in [1.807, 2.05) is 13.8 Å². The Morgan fingerprint density at radius 3 is 2.28 bits per heavy atom. The molecule has 0 aromatic carbocycles. The molecule has 5 N–H and O–H groups in total. The van der Waals surface area contributed by atoms with Crippen LogP contribution in [0.2, 0.25) is 0 Å². The zero-order chi connectivity index (χ0) is 66.1. The van der Waals surface area contributed by atoms with Crippen LogP contribution in [-0.2, 0) is 74.5 Å². The molecule has 10 fully saturated rings. The number of aliphatic hydroxyl groups is 1. The van der Waals surface area contributed by atoms with E-state index in [0.717, 1.165) is 82.1 Å². The number of fused-ring (bicyclic) bond motifs is 6. The van der Waals surface area contributed by atoms with Crippen LogP contribution in [0.15, 0.2) is 41.9 Å². The van der Waals surface area contributed by atoms with E-state index in [-0.39, 0.29) is 172 Å². The number of Topliss-reactive ketones (excluding diaryl/α,β-unsaturated/α-hetero) is 1. The van der Waals surface area contributed by atoms with Crippen molar-refractivity contribution in [2.75, 3.05) is 32.7 Å². The summed E-state index contributed by atoms with van der Waals surface area (Å²) >= 11 is 4.94. The minimum absolute atomic E-state index is 0. The molecule has 0 aliphatic carbocycles. The van der Waals surface area contributed by atoms with E-state index in [1.54, 1.807) is 12.4 Å². The van der Waals surface area contributed by atoms with Crippen molar-refractivity contribution in [3.8, 4) is 11.8 Å². The topological polar surface area (TPSA) is 257 Å². The number of nitrogens with zero attached hydrogens (tertiary/aromatic N) is 3. The molecule has 21 nitrogen and oxygen atoms in total. The first kappa shape index (κ1) is 75.0. The van der Waals surface area contributed by atoms with Gasteiger partial charge < -0.3 is 81.8 Å². The molecular formula is C71H106N7O14STb-. The Kier molecular flexibility index (Phi) is 27.3. The number of carbonyl (C=O) groups is 5. The van der Waals surface area contributed by atoms with Crippen LogP contribution in [0.4, 0.5) is 0 Å². The summed E-state index contributed by atoms with van der Waals surface area (Å²) in [6, 6.07) is -1.90. The van der Waals surface area contributed by atoms with Crippen molar-refractivity contribution in [2.24, 2.45) is 23.7 Å². The maximum absolute atomic E-state index is 14.7. The Labute approximate surface area is 593 Å². The second kappa shape index (κ2) is 34.2. The second-order valence-electron chi connectivity index (χ2n) is 28.8. The average Bonchev–Trinajstić information content (AvgIpc) is 1.53. The van der Waals surface area contributed by atoms with Crippen LogP contribution in [0, 0.1) is 74.1 Å². The maximum Gasteiger partial charge on any atom is 0.243 e. The molecule has 1 radical (unpaired) electrons. The summed E-state index contributed by atoms with van der Waals surface area (Å²) in [4.78, 5) is 79.9. The number of unbranched alkanes of at least 4 members (excludes halogenated alkanes) is 2. The predicted octanol–water partition coefficient (Wildman–Crippen LogP) is 6.95. The smallest absolute Gasteiger partial charge is 0.243 e. The van der Waals surface area contributed by atoms with E-state index in [0.29, 0.717) is 69.8 Å². The van der Waals surface area contributed by atoms with Crippen LogP contribution < -0.4 is 21.3 Å². The Hall–Kier alpha value is -3.22. The summed E-state index contributed by atoms with van der Waals surface area (Å²) in [5, 5.41) is 23.3. The molecule has 10 aliphatic heterocycles. The standard InChI is InChI=1S/C71H107N7O14S.Tb/c1-10-27-78(28-11-2)29-17-16-19-53(76-68(84)62(41(4)5)77-60(81)20-15-13-14-18-45-37-74-69(93)75-38-45)67(83)73-40-61(82)72-39-47(80)34-57-51(12-3)52-33-46(79)32-49-22-24-55-63(87-49)64-66-70(9,90-55)65-59(89-66)36-71(91-64,92-65)26-25-50-31-43(7)54(85-50)23-21-48-30-42(6)44(8)56(86-48)35-58(52)88-57;/h37-38,41-42,47-59,62-66,80H,7-8,10-13,15-17,19-36,39-40H2,1-6,9H3,(H,72,82)(H,73,83)(H,76,84)(H,77,81)(H,74,75,93);/p-1/t42-,47+,48+,49-,50+,51-,52-,53+,54?,55+,56-,57-,58+,59?,62+,63+,64+,65+,66+,70+,71-;/m1./s1. The summed E-state index contributed by atoms with van der Waals surface area (Å²) in [5.41, 5.74) is 2.05. The van der Waals surface area contributed by atoms with Crippen LogP contribution in [0.1, 0.15) is 195 Å². The van der Waals surface area contributed by atoms with Gasteiger partial charge in [0.05, 0.1) is 73.1 Å². The first-order valence-electron chi connectivity index (χ1n) is 35.4. The monoisotopic (exact) mass is 1470 g/mol. The minimum Gasteiger partial charge on any atom is -0.740 e. The molecule has 1 aromatic heterocycles. The zero-order valence-corrected chi connectivity index (χ0v) is 59.5. The van der Waals surface area contributed by atoms with Crippen molar-refractivity contribution in [1.82, 2.24) is 36.1 Å². The van der Waals surface area contributed by atoms with Gasteiger partial charge in [0.15, 0.2) is 5.79 Å². The number of aromatic nitrogens is 2. The number of ether oxygens (including phenoxy) is 8. The van der Waals surface area contributed by atoms with E-state index in [4.69, 9.17) is 50.5 Å². The van der Waals surface area contributed by atoms with Crippen LogP contribution >= 0.6 is 0 Å². The molecule has 10 saturated heterocycles. The molecule has 4 amide bonds. The fourth-order valence-corrected chi connectivity index (χ4v) is 16.6. The fraction of sp³-hybridized carbons (Fsp3) is 0.789. The Morgan fingerprint density at radius 2 is 1.53 bits per heavy atom. The molecule has 23 heteroatoms. The van der Waals surface area contributed by atoms with Crippen molar-refractivity contribution < 1.29 is 106 Å². The summed E-state index contributed by atoms with van der Waals surface area (Å²) in [6.07, 6.45) is 11.8. The van der Waals surface area contributed by atoms with E-state index in [9.17, 15) is 29.1 Å². The van der Waals surface area contributed by atoms with Gasteiger partial charge in [0.25, 0.3) is 0 Å². The Bertz CT molecular complexity index is 2840. The van der Waals surface area contributed by atoms with Crippen molar-refractivity contribution in [3.63, 3.8) is 0 Å². The zero-order valence-electron chi connectivity index (χ0n) is 56.5. The van der Waals surface area contributed by atoms with Gasteiger partial charge in [0.2, 0.25) is 23.6 Å². The minimum atomic E-state index is -1.02. The third kappa shape index (κ3) is 18.6. The van der Waals surface area contributed by atoms with E-state index in [1.165, 1.54) is 0 Å². The number of hydrogen-bond donors (Lipinski definition) is 5. The van der Waals surface area contributed by atoms with E-state index in [2.05, 4.69) is 95.8 Å². The maximum atomic E-state index is 14.7. The van der Waals surface area contributed by atoms with Crippen LogP contribution in [0.25, 0.3) is 0 Å². The van der Waals surface area contributed by atoms with Gasteiger partial charge in [0.1, 0.15) is 47.9 Å². The largest absolute Gasteiger partial charge is 0.740 e. The molecule has 0 saturated carbocycles. The van der Waals surface area contributed by atoms with Gasteiger partial charge in [-0.25, -0.2) is 0 Å². The second-order valence-corrected chi connectivity index (χ2v) is 29.2. The quantitative estimate of drug-likeness (QED) is 0.0231. The molecule has 11 rings (SSSR count). The molecule has 10 aliphatic rings. The summed E-state index contributed by atoms with van der Waals surface area (Å²) in [6.45, 7) is 25.7. The Morgan fingerprint density at radius 1 is 0.787 bits per heavy atom. The number of nitrogens with one attached hydrogen (secondary N) is 4. The fourth-order valence-electron chi connectivity index (χ4n) is 16.5. The number of rotatable bonds is 24. The van der Waals surface area contributed by atoms with Gasteiger partial charge >= 0.3 is 0 Å². The molecule has 94 heavy (non-hydrogen) atoms. The molecule has 21 atom stereocenters. The van der Waals surface area contributed by atoms with Crippen LogP contribution in [0.3, 0.4) is 0 Å². The number of amides is 4. The Balaban J connectivity index is 0.0000104. The molecule has 1 spiro atoms. The number of carbonyl (C=O) groups excluding carboxylic acids is 5. The number of hydrogen-bond acceptors (Lipinski definition) is 18. The first-order valence-corrected chi connectivity index (χ1v) is 35.8. The summed E-state index contributed by atoms with van der Waals surface area (Å²) in [5.74, 6) is 2.94. The molecule has 2 unspecified atom stereocenters. The van der Waals surface area contributed by atoms with Crippen molar-refractivity contribution in [1.29, 1.82) is 0 Å². The van der Waals surface area contributed by atoms with Gasteiger partial charge in [-0.2, -0.15) is 0 Å². The third-order valence-corrected chi connectivity index (χ3v) is 21.6. The number of aliphatic hydroxyl groups excluding tert-OH is 1. The van der Waals surface area contributed by atoms with Gasteiger partial charge in [-0.3, -0.25) is 33.9 Å². The molecular weight excluding hydrogens is 1370 g/mol. The van der Waals surface area contributed by atoms with E-state index >= 15 is 0 Å². The molecule has 11 heterocycles. The van der Waals surface area contributed by atoms with Gasteiger partial charge in [0, 0.05) is 114 Å². The van der Waals surface area contributed by atoms with Crippen molar-refractivity contribution in [3.05, 3.63) is 42.3 Å². The van der Waals surface area contributed by atoms with Crippen molar-refractivity contribution in [2.45, 2.75) is 304 Å². The molecule has 12 bridgehead atoms. The predicted molar refractivity (Wildman–Crippen MR) is 349 cm³/mol. The van der Waals surface area contributed by atoms with E-state index < -0.39 is 72.2 Å². The molecule has 1 aromatic rings. The van der Waals surface area contributed by atoms with Crippen LogP contribution in [-0.4, -0.2) is 191 Å². The normalized spacial score (nSPS) is 35.3.